The molecule has 1 aliphatic heterocycles. The number of hydrogen-bond donors (Lipinski definition) is 5. The van der Waals surface area contributed by atoms with E-state index in [1.165, 1.54) is 0 Å². The Morgan fingerprint density at radius 1 is 1.29 bits per heavy atom. The second kappa shape index (κ2) is 5.68. The lowest BCUT2D eigenvalue weighted by atomic mass is 10.1. The Morgan fingerprint density at radius 3 is 2.52 bits per heavy atom. The Morgan fingerprint density at radius 2 is 1.95 bits per heavy atom. The van der Waals surface area contributed by atoms with Gasteiger partial charge in [0.2, 0.25) is 0 Å². The third-order valence-electron chi connectivity index (χ3n) is 2.87. The van der Waals surface area contributed by atoms with Crippen LogP contribution in [-0.2, 0) is 9.30 Å². The van der Waals surface area contributed by atoms with Crippen molar-refractivity contribution < 1.29 is 29.3 Å². The van der Waals surface area contributed by atoms with Gasteiger partial charge in [-0.3, -0.25) is 18.9 Å². The maximum absolute atomic E-state index is 11.6. The molecule has 116 valence electrons. The highest BCUT2D eigenvalue weighted by molar-refractivity contribution is 7.55. The molecule has 1 saturated heterocycles. The number of H-pyrrole nitrogens is 1. The summed E-state index contributed by atoms with van der Waals surface area (Å²) in [4.78, 5) is 41.9. The fourth-order valence-corrected chi connectivity index (χ4v) is 2.29. The van der Waals surface area contributed by atoms with Crippen molar-refractivity contribution >= 4 is 7.60 Å². The van der Waals surface area contributed by atoms with Gasteiger partial charge in [-0.1, -0.05) is 0 Å². The number of nitrogens with one attached hydrogen (secondary N) is 1. The van der Waals surface area contributed by atoms with Crippen LogP contribution in [0.1, 0.15) is 6.23 Å². The van der Waals surface area contributed by atoms with Gasteiger partial charge in [0.1, 0.15) is 18.3 Å². The van der Waals surface area contributed by atoms with E-state index in [1.807, 2.05) is 4.98 Å². The first-order valence-corrected chi connectivity index (χ1v) is 7.45. The van der Waals surface area contributed by atoms with Crippen LogP contribution >= 0.6 is 7.60 Å². The lowest BCUT2D eigenvalue weighted by Crippen LogP contribution is -2.37. The van der Waals surface area contributed by atoms with Crippen LogP contribution in [0.4, 0.5) is 0 Å². The van der Waals surface area contributed by atoms with E-state index >= 15 is 0 Å². The number of aliphatic hydroxyl groups excluding tert-OH is 2. The minimum absolute atomic E-state index is 0.533. The summed E-state index contributed by atoms with van der Waals surface area (Å²) >= 11 is 0. The Kier molecular flexibility index (Phi) is 4.28. The molecule has 0 saturated carbocycles. The average molecular weight is 320 g/mol. The number of rotatable bonds is 3. The zero-order valence-corrected chi connectivity index (χ0v) is 11.3. The van der Waals surface area contributed by atoms with Crippen LogP contribution in [0.5, 0.6) is 0 Å². The Balaban J connectivity index is 2.28. The molecule has 1 aliphatic rings. The van der Waals surface area contributed by atoms with Crippen molar-refractivity contribution in [1.82, 2.24) is 9.55 Å². The molecule has 0 unspecified atom stereocenters. The minimum atomic E-state index is -4.44. The highest BCUT2D eigenvalue weighted by Gasteiger charge is 2.43. The van der Waals surface area contributed by atoms with E-state index in [9.17, 15) is 24.4 Å². The molecule has 1 aromatic heterocycles. The summed E-state index contributed by atoms with van der Waals surface area (Å²) < 4.78 is 16.8. The van der Waals surface area contributed by atoms with Crippen molar-refractivity contribution in [1.29, 1.82) is 0 Å². The summed E-state index contributed by atoms with van der Waals surface area (Å²) in [5, 5.41) is 19.6. The van der Waals surface area contributed by atoms with Crippen molar-refractivity contribution in [3.05, 3.63) is 45.0 Å². The van der Waals surface area contributed by atoms with Gasteiger partial charge in [0.05, 0.1) is 0 Å². The van der Waals surface area contributed by atoms with Crippen LogP contribution in [0, 0.1) is 0 Å². The van der Waals surface area contributed by atoms with Crippen LogP contribution in [0.25, 0.3) is 0 Å². The zero-order chi connectivity index (χ0) is 15.8. The number of ether oxygens (including phenoxy) is 1. The molecule has 10 nitrogen and oxygen atoms in total. The molecule has 0 aromatic carbocycles. The molecule has 0 amide bonds. The fraction of sp³-hybridized carbons (Fsp3) is 0.400. The predicted molar refractivity (Wildman–Crippen MR) is 68.4 cm³/mol. The van der Waals surface area contributed by atoms with Gasteiger partial charge in [-0.2, -0.15) is 0 Å². The van der Waals surface area contributed by atoms with Gasteiger partial charge in [0, 0.05) is 18.1 Å². The van der Waals surface area contributed by atoms with Crippen LogP contribution in [0.2, 0.25) is 0 Å². The van der Waals surface area contributed by atoms with Gasteiger partial charge in [-0.25, -0.2) is 4.79 Å². The summed E-state index contributed by atoms with van der Waals surface area (Å²) in [6, 6.07) is 1.03. The van der Waals surface area contributed by atoms with Crippen LogP contribution in [-0.4, -0.2) is 47.9 Å². The van der Waals surface area contributed by atoms with Gasteiger partial charge >= 0.3 is 13.3 Å². The molecule has 5 N–H and O–H groups in total. The second-order valence-electron chi connectivity index (χ2n) is 4.42. The number of aromatic nitrogens is 2. The Labute approximate surface area is 117 Å². The first-order chi connectivity index (χ1) is 9.69. The average Bonchev–Trinajstić information content (AvgIpc) is 2.64. The topological polar surface area (TPSA) is 162 Å². The van der Waals surface area contributed by atoms with E-state index in [1.54, 1.807) is 0 Å². The molecule has 1 aromatic rings. The number of aliphatic hydroxyl groups is 2. The number of nitrogens with zero attached hydrogens (tertiary/aromatic N) is 1. The quantitative estimate of drug-likeness (QED) is 0.394. The summed E-state index contributed by atoms with van der Waals surface area (Å²) in [6.07, 6.45) is -3.52. The lowest BCUT2D eigenvalue weighted by molar-refractivity contribution is -0.0297. The Hall–Kier alpha value is -1.55. The largest absolute Gasteiger partial charge is 0.387 e. The van der Waals surface area contributed by atoms with Crippen molar-refractivity contribution in [2.24, 2.45) is 0 Å². The first kappa shape index (κ1) is 15.8. The SMILES string of the molecule is O=c1ccn([C@@H]2O[C@H](/C=C/P(=O)(O)O)[C@@H](O)[C@H]2O)c(=O)[nH]1. The molecule has 0 radical (unpaired) electrons. The zero-order valence-electron chi connectivity index (χ0n) is 10.4. The fourth-order valence-electron chi connectivity index (χ4n) is 1.90. The van der Waals surface area contributed by atoms with E-state index in [-0.39, 0.29) is 0 Å². The third-order valence-corrected chi connectivity index (χ3v) is 3.43. The van der Waals surface area contributed by atoms with Crippen LogP contribution in [0.15, 0.2) is 33.7 Å². The molecule has 0 spiro atoms. The van der Waals surface area contributed by atoms with Crippen molar-refractivity contribution in [3.63, 3.8) is 0 Å². The molecular weight excluding hydrogens is 307 g/mol. The summed E-state index contributed by atoms with van der Waals surface area (Å²) in [5.41, 5.74) is -1.49. The minimum Gasteiger partial charge on any atom is -0.387 e. The lowest BCUT2D eigenvalue weighted by Gasteiger charge is -2.16. The van der Waals surface area contributed by atoms with E-state index in [0.717, 1.165) is 22.9 Å². The molecule has 4 atom stereocenters. The van der Waals surface area contributed by atoms with Gasteiger partial charge < -0.3 is 24.7 Å². The molecular formula is C10H13N2O8P. The maximum Gasteiger partial charge on any atom is 0.348 e. The third kappa shape index (κ3) is 3.56. The molecule has 2 heterocycles. The molecule has 11 heteroatoms. The van der Waals surface area contributed by atoms with Gasteiger partial charge in [-0.15, -0.1) is 0 Å². The first-order valence-electron chi connectivity index (χ1n) is 5.77. The van der Waals surface area contributed by atoms with Crippen LogP contribution < -0.4 is 11.2 Å². The summed E-state index contributed by atoms with van der Waals surface area (Å²) in [6.45, 7) is 0. The molecule has 0 aliphatic carbocycles. The standard InChI is InChI=1S/C10H13N2O8P/c13-6-1-3-12(10(16)11-6)9-8(15)7(14)5(20-9)2-4-21(17,18)19/h1-5,7-9,14-15H,(H,11,13,16)(H2,17,18,19)/b4-2+/t5-,7-,8-,9-/m1/s1. The van der Waals surface area contributed by atoms with Crippen molar-refractivity contribution in [3.8, 4) is 0 Å². The summed E-state index contributed by atoms with van der Waals surface area (Å²) in [5.74, 6) is 0.533. The highest BCUT2D eigenvalue weighted by Crippen LogP contribution is 2.38. The smallest absolute Gasteiger partial charge is 0.348 e. The van der Waals surface area contributed by atoms with E-state index < -0.39 is 43.4 Å². The molecule has 1 fully saturated rings. The van der Waals surface area contributed by atoms with E-state index in [2.05, 4.69) is 0 Å². The van der Waals surface area contributed by atoms with Crippen LogP contribution in [0.3, 0.4) is 0 Å². The van der Waals surface area contributed by atoms with Gasteiger partial charge in [-0.05, 0) is 6.08 Å². The van der Waals surface area contributed by atoms with E-state index in [0.29, 0.717) is 5.82 Å². The highest BCUT2D eigenvalue weighted by atomic mass is 31.2. The Bertz CT molecular complexity index is 703. The predicted octanol–water partition coefficient (Wildman–Crippen LogP) is -2.15. The van der Waals surface area contributed by atoms with Crippen molar-refractivity contribution in [2.75, 3.05) is 0 Å². The number of aromatic amines is 1. The maximum atomic E-state index is 11.6. The summed E-state index contributed by atoms with van der Waals surface area (Å²) in [7, 11) is -4.44. The molecule has 2 rings (SSSR count). The number of hydrogen-bond acceptors (Lipinski definition) is 6. The van der Waals surface area contributed by atoms with E-state index in [4.69, 9.17) is 14.5 Å². The molecule has 21 heavy (non-hydrogen) atoms. The molecule has 0 bridgehead atoms. The van der Waals surface area contributed by atoms with Gasteiger partial charge in [0.15, 0.2) is 6.23 Å². The van der Waals surface area contributed by atoms with Gasteiger partial charge in [0.25, 0.3) is 5.56 Å². The van der Waals surface area contributed by atoms with Crippen molar-refractivity contribution in [2.45, 2.75) is 24.5 Å². The second-order valence-corrected chi connectivity index (χ2v) is 5.90. The normalized spacial score (nSPS) is 30.1. The monoisotopic (exact) mass is 320 g/mol.